The number of halogens is 1. The Morgan fingerprint density at radius 2 is 2.10 bits per heavy atom. The highest BCUT2D eigenvalue weighted by Gasteiger charge is 2.44. The van der Waals surface area contributed by atoms with Crippen LogP contribution in [0.25, 0.3) is 0 Å². The van der Waals surface area contributed by atoms with Crippen molar-refractivity contribution < 1.29 is 4.79 Å². The van der Waals surface area contributed by atoms with E-state index in [1.54, 1.807) is 0 Å². The first kappa shape index (κ1) is 15.3. The van der Waals surface area contributed by atoms with Crippen LogP contribution in [0.3, 0.4) is 0 Å². The Morgan fingerprint density at radius 3 is 2.60 bits per heavy atom. The lowest BCUT2D eigenvalue weighted by atomic mass is 9.86. The summed E-state index contributed by atoms with van der Waals surface area (Å²) in [6, 6.07) is 7.41. The summed E-state index contributed by atoms with van der Waals surface area (Å²) < 4.78 is 0. The molecule has 1 aliphatic rings. The Hall–Kier alpha value is -1.06. The third-order valence-electron chi connectivity index (χ3n) is 4.11. The summed E-state index contributed by atoms with van der Waals surface area (Å²) in [5.74, 6) is -0.0780. The zero-order valence-electron chi connectivity index (χ0n) is 12.4. The number of amides is 1. The number of hydrogen-bond acceptors (Lipinski definition) is 2. The van der Waals surface area contributed by atoms with Gasteiger partial charge in [0.05, 0.1) is 6.04 Å². The fourth-order valence-corrected chi connectivity index (χ4v) is 2.49. The molecule has 0 bridgehead atoms. The molecule has 0 spiro atoms. The maximum Gasteiger partial charge on any atom is 0.237 e. The minimum Gasteiger partial charge on any atom is -0.354 e. The number of benzene rings is 1. The highest BCUT2D eigenvalue weighted by atomic mass is 35.5. The highest BCUT2D eigenvalue weighted by Crippen LogP contribution is 2.48. The van der Waals surface area contributed by atoms with Crippen LogP contribution in [0.5, 0.6) is 0 Å². The second-order valence-corrected chi connectivity index (χ2v) is 7.29. The van der Waals surface area contributed by atoms with Crippen LogP contribution < -0.4 is 11.1 Å². The van der Waals surface area contributed by atoms with Crippen molar-refractivity contribution in [3.8, 4) is 0 Å². The van der Waals surface area contributed by atoms with Gasteiger partial charge in [-0.25, -0.2) is 0 Å². The number of nitrogens with two attached hydrogens (primary N) is 1. The van der Waals surface area contributed by atoms with Gasteiger partial charge in [0.25, 0.3) is 0 Å². The maximum atomic E-state index is 12.1. The average Bonchev–Trinajstić information content (AvgIpc) is 3.15. The van der Waals surface area contributed by atoms with Crippen molar-refractivity contribution in [2.75, 3.05) is 6.54 Å². The first-order valence-corrected chi connectivity index (χ1v) is 7.42. The van der Waals surface area contributed by atoms with Crippen LogP contribution in [0.15, 0.2) is 24.3 Å². The Labute approximate surface area is 125 Å². The van der Waals surface area contributed by atoms with E-state index in [9.17, 15) is 4.79 Å². The van der Waals surface area contributed by atoms with Crippen molar-refractivity contribution in [1.82, 2.24) is 5.32 Å². The number of nitrogens with one attached hydrogen (secondary N) is 1. The maximum absolute atomic E-state index is 12.1. The van der Waals surface area contributed by atoms with E-state index in [0.29, 0.717) is 6.54 Å². The van der Waals surface area contributed by atoms with Crippen LogP contribution in [0.4, 0.5) is 0 Å². The molecular formula is C16H23ClN2O. The molecule has 1 aromatic carbocycles. The zero-order chi connectivity index (χ0) is 15.0. The van der Waals surface area contributed by atoms with Crippen LogP contribution in [0.2, 0.25) is 5.02 Å². The number of rotatable bonds is 4. The summed E-state index contributed by atoms with van der Waals surface area (Å²) in [5, 5.41) is 3.74. The topological polar surface area (TPSA) is 55.1 Å². The molecule has 110 valence electrons. The van der Waals surface area contributed by atoms with Gasteiger partial charge in [0.1, 0.15) is 0 Å². The molecule has 1 amide bonds. The first-order valence-electron chi connectivity index (χ1n) is 7.04. The molecule has 1 saturated carbocycles. The molecule has 0 radical (unpaired) electrons. The molecule has 4 heteroatoms. The van der Waals surface area contributed by atoms with Gasteiger partial charge >= 0.3 is 0 Å². The molecule has 1 atom stereocenters. The summed E-state index contributed by atoms with van der Waals surface area (Å²) in [6.07, 6.45) is 2.16. The molecule has 2 rings (SSSR count). The molecule has 1 fully saturated rings. The van der Waals surface area contributed by atoms with E-state index in [1.807, 2.05) is 39.0 Å². The minimum absolute atomic E-state index is 0.0537. The third kappa shape index (κ3) is 3.33. The van der Waals surface area contributed by atoms with Crippen molar-refractivity contribution in [2.24, 2.45) is 11.1 Å². The molecule has 0 heterocycles. The molecule has 0 aliphatic heterocycles. The monoisotopic (exact) mass is 294 g/mol. The molecule has 20 heavy (non-hydrogen) atoms. The van der Waals surface area contributed by atoms with Gasteiger partial charge in [-0.3, -0.25) is 4.79 Å². The predicted octanol–water partition coefficient (Wildman–Crippen LogP) is 2.86. The lowest BCUT2D eigenvalue weighted by molar-refractivity contribution is -0.124. The van der Waals surface area contributed by atoms with E-state index in [-0.39, 0.29) is 16.7 Å². The summed E-state index contributed by atoms with van der Waals surface area (Å²) in [7, 11) is 0. The summed E-state index contributed by atoms with van der Waals surface area (Å²) in [4.78, 5) is 12.1. The molecule has 0 aromatic heterocycles. The van der Waals surface area contributed by atoms with Gasteiger partial charge in [-0.1, -0.05) is 44.5 Å². The van der Waals surface area contributed by atoms with Gasteiger partial charge in [0.2, 0.25) is 5.91 Å². The zero-order valence-corrected chi connectivity index (χ0v) is 13.1. The lowest BCUT2D eigenvalue weighted by Gasteiger charge is -2.27. The van der Waals surface area contributed by atoms with Crippen molar-refractivity contribution in [3.05, 3.63) is 34.9 Å². The van der Waals surface area contributed by atoms with Crippen molar-refractivity contribution in [2.45, 2.75) is 45.1 Å². The van der Waals surface area contributed by atoms with E-state index in [1.165, 1.54) is 5.56 Å². The summed E-state index contributed by atoms with van der Waals surface area (Å²) >= 11 is 6.04. The number of carbonyl (C=O) groups excluding carboxylic acids is 1. The van der Waals surface area contributed by atoms with Gasteiger partial charge in [0, 0.05) is 17.0 Å². The molecule has 3 nitrogen and oxygen atoms in total. The molecular weight excluding hydrogens is 272 g/mol. The third-order valence-corrected chi connectivity index (χ3v) is 4.34. The van der Waals surface area contributed by atoms with Crippen LogP contribution in [-0.2, 0) is 10.2 Å². The van der Waals surface area contributed by atoms with Gasteiger partial charge < -0.3 is 11.1 Å². The summed E-state index contributed by atoms with van der Waals surface area (Å²) in [6.45, 7) is 6.55. The van der Waals surface area contributed by atoms with Crippen molar-refractivity contribution >= 4 is 17.5 Å². The molecule has 3 N–H and O–H groups in total. The molecule has 0 unspecified atom stereocenters. The van der Waals surface area contributed by atoms with Crippen LogP contribution in [-0.4, -0.2) is 18.5 Å². The van der Waals surface area contributed by atoms with Crippen molar-refractivity contribution in [1.29, 1.82) is 0 Å². The van der Waals surface area contributed by atoms with E-state index >= 15 is 0 Å². The normalized spacial score (nSPS) is 18.4. The van der Waals surface area contributed by atoms with Crippen LogP contribution in [0, 0.1) is 5.41 Å². The first-order chi connectivity index (χ1) is 9.24. The predicted molar refractivity (Wildman–Crippen MR) is 82.8 cm³/mol. The van der Waals surface area contributed by atoms with Crippen LogP contribution >= 0.6 is 11.6 Å². The quantitative estimate of drug-likeness (QED) is 0.897. The van der Waals surface area contributed by atoms with E-state index in [2.05, 4.69) is 11.4 Å². The smallest absolute Gasteiger partial charge is 0.237 e. The van der Waals surface area contributed by atoms with E-state index in [0.717, 1.165) is 17.9 Å². The molecule has 1 aliphatic carbocycles. The second-order valence-electron chi connectivity index (χ2n) is 6.85. The Bertz CT molecular complexity index is 503. The van der Waals surface area contributed by atoms with E-state index < -0.39 is 6.04 Å². The summed E-state index contributed by atoms with van der Waals surface area (Å²) in [5.41, 5.74) is 7.01. The lowest BCUT2D eigenvalue weighted by Crippen LogP contribution is -2.50. The molecule has 1 aromatic rings. The Kier molecular flexibility index (Phi) is 4.12. The fourth-order valence-electron chi connectivity index (χ4n) is 2.30. The molecule has 0 saturated heterocycles. The number of hydrogen-bond donors (Lipinski definition) is 2. The van der Waals surface area contributed by atoms with Gasteiger partial charge in [-0.15, -0.1) is 0 Å². The fraction of sp³-hybridized carbons (Fsp3) is 0.562. The van der Waals surface area contributed by atoms with E-state index in [4.69, 9.17) is 17.3 Å². The highest BCUT2D eigenvalue weighted by molar-refractivity contribution is 6.30. The largest absolute Gasteiger partial charge is 0.354 e. The minimum atomic E-state index is -0.488. The second kappa shape index (κ2) is 5.38. The SMILES string of the molecule is CC(C)(C)[C@H](N)C(=O)NCC1(c2cccc(Cl)c2)CC1. The van der Waals surface area contributed by atoms with Gasteiger partial charge in [-0.2, -0.15) is 0 Å². The van der Waals surface area contributed by atoms with Crippen LogP contribution in [0.1, 0.15) is 39.2 Å². The Morgan fingerprint density at radius 1 is 1.45 bits per heavy atom. The standard InChI is InChI=1S/C16H23ClN2O/c1-15(2,3)13(18)14(20)19-10-16(7-8-16)11-5-4-6-12(17)9-11/h4-6,9,13H,7-8,10,18H2,1-3H3,(H,19,20)/t13-/m1/s1. The van der Waals surface area contributed by atoms with Gasteiger partial charge in [-0.05, 0) is 36.0 Å². The number of carbonyl (C=O) groups is 1. The Balaban J connectivity index is 1.99. The van der Waals surface area contributed by atoms with Gasteiger partial charge in [0.15, 0.2) is 0 Å². The van der Waals surface area contributed by atoms with Crippen molar-refractivity contribution in [3.63, 3.8) is 0 Å². The average molecular weight is 295 g/mol.